The third kappa shape index (κ3) is 3.47. The number of rotatable bonds is 3. The standard InChI is InChI=1S/C17H14FN3.ClH/c18-14-8-6-12(7-9-14)16-10-15(11-19)20-17(21-16)13-4-2-1-3-5-13;/h1-10H,11,19H2;1H. The van der Waals surface area contributed by atoms with Crippen LogP contribution in [-0.4, -0.2) is 9.97 Å². The van der Waals surface area contributed by atoms with Crippen LogP contribution in [-0.2, 0) is 6.54 Å². The Balaban J connectivity index is 0.00000176. The number of aromatic nitrogens is 2. The molecule has 0 unspecified atom stereocenters. The van der Waals surface area contributed by atoms with Crippen molar-refractivity contribution in [3.8, 4) is 22.6 Å². The Morgan fingerprint density at radius 2 is 1.55 bits per heavy atom. The van der Waals surface area contributed by atoms with Gasteiger partial charge in [-0.1, -0.05) is 30.3 Å². The zero-order valence-corrected chi connectivity index (χ0v) is 12.6. The highest BCUT2D eigenvalue weighted by Gasteiger charge is 2.08. The maximum absolute atomic E-state index is 13.0. The summed E-state index contributed by atoms with van der Waals surface area (Å²) in [5.41, 5.74) is 8.98. The van der Waals surface area contributed by atoms with Crippen LogP contribution in [0, 0.1) is 5.82 Å². The highest BCUT2D eigenvalue weighted by atomic mass is 35.5. The predicted octanol–water partition coefficient (Wildman–Crippen LogP) is 3.83. The van der Waals surface area contributed by atoms with E-state index in [0.29, 0.717) is 12.4 Å². The van der Waals surface area contributed by atoms with Gasteiger partial charge in [-0.2, -0.15) is 0 Å². The van der Waals surface area contributed by atoms with Crippen LogP contribution in [0.25, 0.3) is 22.6 Å². The SMILES string of the molecule is Cl.NCc1cc(-c2ccc(F)cc2)nc(-c2ccccc2)n1. The van der Waals surface area contributed by atoms with Gasteiger partial charge in [-0.15, -0.1) is 12.4 Å². The molecule has 0 spiro atoms. The monoisotopic (exact) mass is 315 g/mol. The van der Waals surface area contributed by atoms with Crippen molar-refractivity contribution in [3.63, 3.8) is 0 Å². The molecule has 0 aliphatic heterocycles. The van der Waals surface area contributed by atoms with Crippen molar-refractivity contribution in [2.75, 3.05) is 0 Å². The van der Waals surface area contributed by atoms with Gasteiger partial charge in [0.25, 0.3) is 0 Å². The third-order valence-corrected chi connectivity index (χ3v) is 3.16. The van der Waals surface area contributed by atoms with E-state index in [1.54, 1.807) is 12.1 Å². The van der Waals surface area contributed by atoms with E-state index < -0.39 is 0 Å². The zero-order valence-electron chi connectivity index (χ0n) is 11.7. The summed E-state index contributed by atoms with van der Waals surface area (Å²) in [5.74, 6) is 0.355. The molecule has 0 fully saturated rings. The molecule has 3 aromatic rings. The lowest BCUT2D eigenvalue weighted by Gasteiger charge is -2.07. The van der Waals surface area contributed by atoms with Gasteiger partial charge in [-0.05, 0) is 30.3 Å². The molecule has 0 bridgehead atoms. The van der Waals surface area contributed by atoms with Gasteiger partial charge in [0.1, 0.15) is 5.82 Å². The summed E-state index contributed by atoms with van der Waals surface area (Å²) in [6, 6.07) is 17.8. The average Bonchev–Trinajstić information content (AvgIpc) is 2.56. The molecule has 1 aromatic heterocycles. The molecule has 0 radical (unpaired) electrons. The second-order valence-electron chi connectivity index (χ2n) is 4.65. The minimum atomic E-state index is -0.268. The van der Waals surface area contributed by atoms with Crippen molar-refractivity contribution in [2.24, 2.45) is 5.73 Å². The minimum Gasteiger partial charge on any atom is -0.325 e. The smallest absolute Gasteiger partial charge is 0.160 e. The molecule has 0 saturated carbocycles. The Labute approximate surface area is 134 Å². The Bertz CT molecular complexity index is 746. The fourth-order valence-corrected chi connectivity index (χ4v) is 2.09. The van der Waals surface area contributed by atoms with Crippen molar-refractivity contribution in [1.82, 2.24) is 9.97 Å². The lowest BCUT2D eigenvalue weighted by atomic mass is 10.1. The number of benzene rings is 2. The highest BCUT2D eigenvalue weighted by Crippen LogP contribution is 2.22. The van der Waals surface area contributed by atoms with Gasteiger partial charge in [-0.25, -0.2) is 14.4 Å². The number of hydrogen-bond acceptors (Lipinski definition) is 3. The topological polar surface area (TPSA) is 51.8 Å². The van der Waals surface area contributed by atoms with Gasteiger partial charge in [0.2, 0.25) is 0 Å². The summed E-state index contributed by atoms with van der Waals surface area (Å²) in [4.78, 5) is 9.02. The largest absolute Gasteiger partial charge is 0.325 e. The molecule has 3 nitrogen and oxygen atoms in total. The maximum Gasteiger partial charge on any atom is 0.160 e. The molecule has 0 amide bonds. The summed E-state index contributed by atoms with van der Waals surface area (Å²) in [7, 11) is 0. The van der Waals surface area contributed by atoms with Gasteiger partial charge in [0, 0.05) is 17.7 Å². The van der Waals surface area contributed by atoms with E-state index in [0.717, 1.165) is 22.5 Å². The summed E-state index contributed by atoms with van der Waals surface area (Å²) in [6.07, 6.45) is 0. The van der Waals surface area contributed by atoms with Crippen molar-refractivity contribution in [1.29, 1.82) is 0 Å². The fraction of sp³-hybridized carbons (Fsp3) is 0.0588. The molecule has 3 rings (SSSR count). The van der Waals surface area contributed by atoms with E-state index in [-0.39, 0.29) is 18.2 Å². The summed E-state index contributed by atoms with van der Waals surface area (Å²) >= 11 is 0. The van der Waals surface area contributed by atoms with E-state index in [9.17, 15) is 4.39 Å². The average molecular weight is 316 g/mol. The van der Waals surface area contributed by atoms with Crippen LogP contribution in [0.4, 0.5) is 4.39 Å². The molecule has 22 heavy (non-hydrogen) atoms. The lowest BCUT2D eigenvalue weighted by molar-refractivity contribution is 0.628. The number of nitrogens with zero attached hydrogens (tertiary/aromatic N) is 2. The molecule has 0 aliphatic carbocycles. The molecule has 2 N–H and O–H groups in total. The third-order valence-electron chi connectivity index (χ3n) is 3.16. The Hall–Kier alpha value is -2.30. The highest BCUT2D eigenvalue weighted by molar-refractivity contribution is 5.85. The number of halogens is 2. The van der Waals surface area contributed by atoms with Crippen LogP contribution in [0.2, 0.25) is 0 Å². The summed E-state index contributed by atoms with van der Waals surface area (Å²) in [5, 5.41) is 0. The quantitative estimate of drug-likeness (QED) is 0.799. The van der Waals surface area contributed by atoms with E-state index in [1.807, 2.05) is 36.4 Å². The van der Waals surface area contributed by atoms with Crippen LogP contribution in [0.1, 0.15) is 5.69 Å². The van der Waals surface area contributed by atoms with Gasteiger partial charge < -0.3 is 5.73 Å². The molecule has 1 heterocycles. The second-order valence-corrected chi connectivity index (χ2v) is 4.65. The van der Waals surface area contributed by atoms with Crippen molar-refractivity contribution in [3.05, 3.63) is 72.2 Å². The molecule has 2 aromatic carbocycles. The molecular formula is C17H15ClFN3. The predicted molar refractivity (Wildman–Crippen MR) is 88.0 cm³/mol. The van der Waals surface area contributed by atoms with Crippen molar-refractivity contribution < 1.29 is 4.39 Å². The lowest BCUT2D eigenvalue weighted by Crippen LogP contribution is -2.03. The summed E-state index contributed by atoms with van der Waals surface area (Å²) in [6.45, 7) is 0.330. The molecular weight excluding hydrogens is 301 g/mol. The van der Waals surface area contributed by atoms with Crippen molar-refractivity contribution in [2.45, 2.75) is 6.54 Å². The second kappa shape index (κ2) is 7.11. The molecule has 0 saturated heterocycles. The van der Waals surface area contributed by atoms with Crippen LogP contribution in [0.15, 0.2) is 60.7 Å². The Kier molecular flexibility index (Phi) is 5.20. The van der Waals surface area contributed by atoms with E-state index >= 15 is 0 Å². The first kappa shape index (κ1) is 16.1. The maximum atomic E-state index is 13.0. The number of nitrogens with two attached hydrogens (primary N) is 1. The van der Waals surface area contributed by atoms with Crippen LogP contribution in [0.5, 0.6) is 0 Å². The normalized spacial score (nSPS) is 10.1. The van der Waals surface area contributed by atoms with E-state index in [4.69, 9.17) is 5.73 Å². The Morgan fingerprint density at radius 3 is 2.18 bits per heavy atom. The van der Waals surface area contributed by atoms with Crippen LogP contribution in [0.3, 0.4) is 0 Å². The summed E-state index contributed by atoms with van der Waals surface area (Å²) < 4.78 is 13.0. The first-order valence-corrected chi connectivity index (χ1v) is 6.65. The first-order chi connectivity index (χ1) is 10.3. The number of hydrogen-bond donors (Lipinski definition) is 1. The molecule has 5 heteroatoms. The van der Waals surface area contributed by atoms with E-state index in [2.05, 4.69) is 9.97 Å². The van der Waals surface area contributed by atoms with Gasteiger partial charge >= 0.3 is 0 Å². The molecule has 0 aliphatic rings. The van der Waals surface area contributed by atoms with Gasteiger partial charge in [0.05, 0.1) is 11.4 Å². The van der Waals surface area contributed by atoms with Crippen LogP contribution < -0.4 is 5.73 Å². The van der Waals surface area contributed by atoms with Gasteiger partial charge in [-0.3, -0.25) is 0 Å². The zero-order chi connectivity index (χ0) is 14.7. The van der Waals surface area contributed by atoms with Gasteiger partial charge in [0.15, 0.2) is 5.82 Å². The van der Waals surface area contributed by atoms with Crippen LogP contribution >= 0.6 is 12.4 Å². The fourth-order valence-electron chi connectivity index (χ4n) is 2.09. The van der Waals surface area contributed by atoms with E-state index in [1.165, 1.54) is 12.1 Å². The first-order valence-electron chi connectivity index (χ1n) is 6.65. The minimum absolute atomic E-state index is 0. The molecule has 0 atom stereocenters. The van der Waals surface area contributed by atoms with Crippen molar-refractivity contribution >= 4 is 12.4 Å². The molecule has 112 valence electrons. The Morgan fingerprint density at radius 1 is 0.864 bits per heavy atom.